The fraction of sp³-hybridized carbons (Fsp3) is 0.579. The third kappa shape index (κ3) is 11.2. The Kier molecular flexibility index (Phi) is 15.5. The van der Waals surface area contributed by atoms with Gasteiger partial charge in [-0.2, -0.15) is 0 Å². The van der Waals surface area contributed by atoms with Gasteiger partial charge in [-0.1, -0.05) is 116 Å². The van der Waals surface area contributed by atoms with Gasteiger partial charge in [0.15, 0.2) is 8.32 Å². The maximum atomic E-state index is 7.14. The van der Waals surface area contributed by atoms with Crippen LogP contribution in [0.1, 0.15) is 75.7 Å². The molecule has 0 fully saturated rings. The Morgan fingerprint density at radius 3 is 2.13 bits per heavy atom. The summed E-state index contributed by atoms with van der Waals surface area (Å²) >= 11 is 1.66. The van der Waals surface area contributed by atoms with Gasteiger partial charge < -0.3 is 23.1 Å². The average molecular weight is 683 g/mol. The van der Waals surface area contributed by atoms with Crippen LogP contribution in [0.15, 0.2) is 70.4 Å². The van der Waals surface area contributed by atoms with E-state index in [1.165, 1.54) is 0 Å². The molecule has 1 aliphatic rings. The van der Waals surface area contributed by atoms with Crippen molar-refractivity contribution in [2.24, 2.45) is 0 Å². The van der Waals surface area contributed by atoms with Crippen LogP contribution in [0.3, 0.4) is 0 Å². The Hall–Kier alpha value is -2.18. The van der Waals surface area contributed by atoms with Crippen molar-refractivity contribution in [3.05, 3.63) is 65.5 Å². The van der Waals surface area contributed by atoms with Crippen LogP contribution in [0.5, 0.6) is 0 Å². The van der Waals surface area contributed by atoms with E-state index in [2.05, 4.69) is 136 Å². The lowest BCUT2D eigenvalue weighted by Gasteiger charge is -2.43. The highest BCUT2D eigenvalue weighted by Gasteiger charge is 2.48. The summed E-state index contributed by atoms with van der Waals surface area (Å²) in [5, 5.41) is -0.00547. The van der Waals surface area contributed by atoms with Crippen molar-refractivity contribution >= 4 is 28.4 Å². The number of rotatable bonds is 12. The minimum absolute atomic E-state index is 0.00547. The van der Waals surface area contributed by atoms with Gasteiger partial charge in [0, 0.05) is 23.3 Å². The molecule has 1 aromatic carbocycles. The van der Waals surface area contributed by atoms with E-state index in [-0.39, 0.29) is 11.8 Å². The van der Waals surface area contributed by atoms with Gasteiger partial charge >= 0.3 is 0 Å². The molecule has 0 aliphatic carbocycles. The van der Waals surface area contributed by atoms with Gasteiger partial charge in [0.25, 0.3) is 14.3 Å². The first-order chi connectivity index (χ1) is 21.5. The van der Waals surface area contributed by atoms with E-state index < -0.39 is 28.3 Å². The average Bonchev–Trinajstić information content (AvgIpc) is 2.96. The fourth-order valence-electron chi connectivity index (χ4n) is 5.53. The Morgan fingerprint density at radius 1 is 0.957 bits per heavy atom. The van der Waals surface area contributed by atoms with Crippen molar-refractivity contribution in [3.63, 3.8) is 0 Å². The summed E-state index contributed by atoms with van der Waals surface area (Å²) in [6, 6.07) is 10.4. The smallest absolute Gasteiger partial charge is 0.262 e. The van der Waals surface area contributed by atoms with E-state index in [1.807, 2.05) is 12.1 Å². The number of methoxy groups -OCH3 is 1. The Labute approximate surface area is 287 Å². The summed E-state index contributed by atoms with van der Waals surface area (Å²) in [6.45, 7) is 27.5. The summed E-state index contributed by atoms with van der Waals surface area (Å²) in [5.74, 6) is 13.6. The van der Waals surface area contributed by atoms with Gasteiger partial charge in [-0.05, 0) is 78.1 Å². The van der Waals surface area contributed by atoms with Crippen molar-refractivity contribution in [2.45, 2.75) is 127 Å². The molecule has 1 heterocycles. The molecule has 0 radical (unpaired) electrons. The molecular weight excluding hydrogens is 625 g/mol. The van der Waals surface area contributed by atoms with E-state index in [0.29, 0.717) is 35.6 Å². The van der Waals surface area contributed by atoms with Crippen LogP contribution >= 0.6 is 11.8 Å². The molecule has 0 unspecified atom stereocenters. The van der Waals surface area contributed by atoms with Crippen LogP contribution in [-0.4, -0.2) is 48.8 Å². The van der Waals surface area contributed by atoms with E-state index in [0.717, 1.165) is 9.80 Å². The van der Waals surface area contributed by atoms with Crippen LogP contribution < -0.4 is 0 Å². The lowest BCUT2D eigenvalue weighted by Crippen LogP contribution is -2.48. The summed E-state index contributed by atoms with van der Waals surface area (Å²) < 4.78 is 31.9. The van der Waals surface area contributed by atoms with Crippen molar-refractivity contribution < 1.29 is 23.1 Å². The quantitative estimate of drug-likeness (QED) is 0.124. The number of hydrogen-bond donors (Lipinski definition) is 0. The second kappa shape index (κ2) is 17.8. The molecule has 2 rings (SSSR count). The Balaban J connectivity index is 2.74. The fourth-order valence-corrected chi connectivity index (χ4v) is 13.3. The molecule has 0 amide bonds. The summed E-state index contributed by atoms with van der Waals surface area (Å²) in [4.78, 5) is 2.09. The van der Waals surface area contributed by atoms with Gasteiger partial charge in [0.05, 0.1) is 0 Å². The minimum atomic E-state index is -2.31. The van der Waals surface area contributed by atoms with Gasteiger partial charge in [0.2, 0.25) is 0 Å². The van der Waals surface area contributed by atoms with E-state index in [9.17, 15) is 0 Å². The molecule has 1 aromatic rings. The zero-order valence-electron chi connectivity index (χ0n) is 30.6. The van der Waals surface area contributed by atoms with Crippen molar-refractivity contribution in [2.75, 3.05) is 20.5 Å². The number of ether oxygens (including phenoxy) is 3. The van der Waals surface area contributed by atoms with Crippen molar-refractivity contribution in [3.8, 4) is 23.7 Å². The van der Waals surface area contributed by atoms with Crippen LogP contribution in [0.25, 0.3) is 0 Å². The summed E-state index contributed by atoms with van der Waals surface area (Å²) in [5.41, 5.74) is 0.271. The first-order valence-corrected chi connectivity index (χ1v) is 22.3. The van der Waals surface area contributed by atoms with Gasteiger partial charge in [-0.3, -0.25) is 0 Å². The summed E-state index contributed by atoms with van der Waals surface area (Å²) in [7, 11) is -2.96. The standard InChI is InChI=1S/C38H58O5SSi2/c1-30(2)46(31(3)4,32(5)6)42-36-25-24-33(41-29-39-11)21-17-14-15-20-27-38(10,43-45(12,13)37(7,8)9)35(26-28-40-36)44-34-22-18-16-19-23-34/h14-16,18-19,22-23,25-26,30-33H,24,28-29H2,1-13H3/b15-14-,35-26-,36-25-/t33-,38-/m1/s1. The zero-order valence-corrected chi connectivity index (χ0v) is 33.4. The van der Waals surface area contributed by atoms with Gasteiger partial charge in [-0.25, -0.2) is 0 Å². The van der Waals surface area contributed by atoms with E-state index in [1.54, 1.807) is 31.0 Å². The van der Waals surface area contributed by atoms with E-state index >= 15 is 0 Å². The molecule has 0 bridgehead atoms. The van der Waals surface area contributed by atoms with E-state index in [4.69, 9.17) is 23.1 Å². The third-order valence-electron chi connectivity index (χ3n) is 8.88. The second-order valence-corrected chi connectivity index (χ2v) is 25.5. The highest BCUT2D eigenvalue weighted by molar-refractivity contribution is 8.03. The molecule has 46 heavy (non-hydrogen) atoms. The molecule has 8 heteroatoms. The number of benzene rings is 1. The lowest BCUT2D eigenvalue weighted by molar-refractivity contribution is -0.0516. The van der Waals surface area contributed by atoms with Crippen LogP contribution in [0.2, 0.25) is 34.8 Å². The number of hydrogen-bond acceptors (Lipinski definition) is 6. The monoisotopic (exact) mass is 682 g/mol. The molecule has 254 valence electrons. The molecule has 5 nitrogen and oxygen atoms in total. The predicted molar refractivity (Wildman–Crippen MR) is 199 cm³/mol. The highest BCUT2D eigenvalue weighted by atomic mass is 32.2. The Bertz CT molecular complexity index is 1300. The maximum Gasteiger partial charge on any atom is 0.262 e. The van der Waals surface area contributed by atoms with Crippen LogP contribution in [-0.2, 0) is 23.1 Å². The number of thioether (sulfide) groups is 1. The highest BCUT2D eigenvalue weighted by Crippen LogP contribution is 2.45. The van der Waals surface area contributed by atoms with Gasteiger partial charge in [-0.15, -0.1) is 0 Å². The lowest BCUT2D eigenvalue weighted by atomic mass is 10.1. The second-order valence-electron chi connectivity index (χ2n) is 14.3. The molecule has 0 aromatic heterocycles. The van der Waals surface area contributed by atoms with Gasteiger partial charge in [0.1, 0.15) is 25.1 Å². The molecule has 0 spiro atoms. The molecular formula is C38H58O5SSi2. The first kappa shape index (κ1) is 40.0. The van der Waals surface area contributed by atoms with Crippen LogP contribution in [0.4, 0.5) is 0 Å². The topological polar surface area (TPSA) is 46.2 Å². The predicted octanol–water partition coefficient (Wildman–Crippen LogP) is 10.4. The zero-order chi connectivity index (χ0) is 34.6. The molecule has 2 atom stereocenters. The van der Waals surface area contributed by atoms with Crippen molar-refractivity contribution in [1.29, 1.82) is 0 Å². The normalized spacial score (nSPS) is 23.0. The molecule has 0 saturated heterocycles. The minimum Gasteiger partial charge on any atom is -0.518 e. The van der Waals surface area contributed by atoms with Crippen molar-refractivity contribution in [1.82, 2.24) is 0 Å². The first-order valence-electron chi connectivity index (χ1n) is 16.4. The largest absolute Gasteiger partial charge is 0.518 e. The number of allylic oxidation sites excluding steroid dienone is 2. The summed E-state index contributed by atoms with van der Waals surface area (Å²) in [6.07, 6.45) is 7.75. The maximum absolute atomic E-state index is 7.14. The molecule has 1 aliphatic heterocycles. The molecule has 0 saturated carbocycles. The third-order valence-corrected chi connectivity index (χ3v) is 20.7. The SMILES string of the molecule is COCO[C@@H]1C#C/C=C\C#C[C@@](C)(O[Si](C)(C)C(C)(C)C)/C(Sc2ccccc2)=C/CO/C(O[Si](C(C)C)(C(C)C)C(C)C)=C/C1. The van der Waals surface area contributed by atoms with Crippen LogP contribution in [0, 0.1) is 23.7 Å². The molecule has 0 N–H and O–H groups in total. The Morgan fingerprint density at radius 2 is 1.57 bits per heavy atom.